The standard InChI is InChI=1S/C18H19FN2O2/c1-11-4-3-5-12(2)14(11)8-9-21-18(23)15-10-13(17(20)22)6-7-16(15)19/h3-7,10H,8-9H2,1-2H3,(H2,20,22)(H,21,23). The Balaban J connectivity index is 2.06. The van der Waals surface area contributed by atoms with E-state index in [0.717, 1.165) is 17.2 Å². The van der Waals surface area contributed by atoms with Gasteiger partial charge >= 0.3 is 0 Å². The number of hydrogen-bond donors (Lipinski definition) is 2. The normalized spacial score (nSPS) is 10.4. The van der Waals surface area contributed by atoms with Crippen molar-refractivity contribution < 1.29 is 14.0 Å². The second-order valence-corrected chi connectivity index (χ2v) is 5.44. The summed E-state index contributed by atoms with van der Waals surface area (Å²) >= 11 is 0. The van der Waals surface area contributed by atoms with Gasteiger partial charge in [-0.25, -0.2) is 4.39 Å². The van der Waals surface area contributed by atoms with Gasteiger partial charge in [0, 0.05) is 12.1 Å². The molecule has 0 fully saturated rings. The van der Waals surface area contributed by atoms with Crippen molar-refractivity contribution in [3.8, 4) is 0 Å². The monoisotopic (exact) mass is 314 g/mol. The zero-order valence-electron chi connectivity index (χ0n) is 13.2. The minimum Gasteiger partial charge on any atom is -0.366 e. The Kier molecular flexibility index (Phi) is 5.11. The van der Waals surface area contributed by atoms with Crippen LogP contribution in [0.1, 0.15) is 37.4 Å². The van der Waals surface area contributed by atoms with Gasteiger partial charge in [0.1, 0.15) is 5.82 Å². The molecular weight excluding hydrogens is 295 g/mol. The fourth-order valence-electron chi connectivity index (χ4n) is 2.49. The van der Waals surface area contributed by atoms with Crippen LogP contribution in [-0.4, -0.2) is 18.4 Å². The summed E-state index contributed by atoms with van der Waals surface area (Å²) in [7, 11) is 0. The first kappa shape index (κ1) is 16.7. The number of halogens is 1. The summed E-state index contributed by atoms with van der Waals surface area (Å²) in [6, 6.07) is 9.51. The van der Waals surface area contributed by atoms with Crippen LogP contribution in [0.4, 0.5) is 4.39 Å². The van der Waals surface area contributed by atoms with Crippen LogP contribution >= 0.6 is 0 Å². The first-order chi connectivity index (χ1) is 10.9. The van der Waals surface area contributed by atoms with Gasteiger partial charge in [-0.15, -0.1) is 0 Å². The average molecular weight is 314 g/mol. The number of amides is 2. The minimum absolute atomic E-state index is 0.103. The lowest BCUT2D eigenvalue weighted by atomic mass is 10.00. The van der Waals surface area contributed by atoms with Crippen molar-refractivity contribution in [1.29, 1.82) is 0 Å². The molecule has 0 saturated carbocycles. The van der Waals surface area contributed by atoms with Crippen molar-refractivity contribution in [3.05, 3.63) is 70.0 Å². The number of carbonyl (C=O) groups is 2. The van der Waals surface area contributed by atoms with Gasteiger partial charge < -0.3 is 11.1 Å². The summed E-state index contributed by atoms with van der Waals surface area (Å²) in [6.07, 6.45) is 0.654. The quantitative estimate of drug-likeness (QED) is 0.890. The summed E-state index contributed by atoms with van der Waals surface area (Å²) in [6.45, 7) is 4.41. The maximum absolute atomic E-state index is 13.7. The van der Waals surface area contributed by atoms with E-state index in [9.17, 15) is 14.0 Å². The van der Waals surface area contributed by atoms with Gasteiger partial charge in [0.25, 0.3) is 5.91 Å². The molecule has 2 aromatic rings. The summed E-state index contributed by atoms with van der Waals surface area (Å²) in [5.74, 6) is -1.94. The molecular formula is C18H19FN2O2. The molecule has 2 amide bonds. The predicted molar refractivity (Wildman–Crippen MR) is 86.9 cm³/mol. The van der Waals surface area contributed by atoms with Crippen molar-refractivity contribution in [1.82, 2.24) is 5.32 Å². The molecule has 0 saturated heterocycles. The van der Waals surface area contributed by atoms with E-state index in [2.05, 4.69) is 5.32 Å². The smallest absolute Gasteiger partial charge is 0.254 e. The van der Waals surface area contributed by atoms with Gasteiger partial charge in [0.05, 0.1) is 5.56 Å². The number of hydrogen-bond acceptors (Lipinski definition) is 2. The molecule has 3 N–H and O–H groups in total. The zero-order valence-corrected chi connectivity index (χ0v) is 13.2. The Hall–Kier alpha value is -2.69. The summed E-state index contributed by atoms with van der Waals surface area (Å²) in [4.78, 5) is 23.2. The van der Waals surface area contributed by atoms with Crippen LogP contribution in [0, 0.1) is 19.7 Å². The minimum atomic E-state index is -0.699. The molecule has 0 spiro atoms. The number of primary amides is 1. The molecule has 0 bridgehead atoms. The predicted octanol–water partition coefficient (Wildman–Crippen LogP) is 2.51. The van der Waals surface area contributed by atoms with E-state index in [4.69, 9.17) is 5.73 Å². The van der Waals surface area contributed by atoms with Crippen LogP contribution in [0.2, 0.25) is 0 Å². The molecule has 0 heterocycles. The van der Waals surface area contributed by atoms with Gasteiger partial charge in [-0.2, -0.15) is 0 Å². The molecule has 2 rings (SSSR count). The van der Waals surface area contributed by atoms with Crippen molar-refractivity contribution in [2.75, 3.05) is 6.54 Å². The largest absolute Gasteiger partial charge is 0.366 e. The lowest BCUT2D eigenvalue weighted by molar-refractivity contribution is 0.0950. The van der Waals surface area contributed by atoms with E-state index in [1.165, 1.54) is 17.7 Å². The lowest BCUT2D eigenvalue weighted by Gasteiger charge is -2.11. The molecule has 120 valence electrons. The molecule has 5 heteroatoms. The van der Waals surface area contributed by atoms with Crippen LogP contribution in [-0.2, 0) is 6.42 Å². The Labute approximate surface area is 134 Å². The van der Waals surface area contributed by atoms with E-state index >= 15 is 0 Å². The zero-order chi connectivity index (χ0) is 17.0. The van der Waals surface area contributed by atoms with E-state index in [-0.39, 0.29) is 11.1 Å². The van der Waals surface area contributed by atoms with Gasteiger partial charge in [-0.3, -0.25) is 9.59 Å². The first-order valence-electron chi connectivity index (χ1n) is 7.33. The third-order valence-corrected chi connectivity index (χ3v) is 3.80. The SMILES string of the molecule is Cc1cccc(C)c1CCNC(=O)c1cc(C(N)=O)ccc1F. The molecule has 0 aromatic heterocycles. The molecule has 0 aliphatic heterocycles. The Morgan fingerprint density at radius 1 is 1.13 bits per heavy atom. The Morgan fingerprint density at radius 3 is 2.39 bits per heavy atom. The maximum Gasteiger partial charge on any atom is 0.254 e. The third kappa shape index (κ3) is 3.94. The topological polar surface area (TPSA) is 72.2 Å². The number of benzene rings is 2. The number of carbonyl (C=O) groups excluding carboxylic acids is 2. The van der Waals surface area contributed by atoms with Crippen LogP contribution in [0.5, 0.6) is 0 Å². The maximum atomic E-state index is 13.7. The van der Waals surface area contributed by atoms with Crippen molar-refractivity contribution >= 4 is 11.8 Å². The highest BCUT2D eigenvalue weighted by Gasteiger charge is 2.14. The lowest BCUT2D eigenvalue weighted by Crippen LogP contribution is -2.27. The molecule has 2 aromatic carbocycles. The number of nitrogens with one attached hydrogen (secondary N) is 1. The van der Waals surface area contributed by atoms with Crippen LogP contribution in [0.15, 0.2) is 36.4 Å². The van der Waals surface area contributed by atoms with Crippen molar-refractivity contribution in [2.24, 2.45) is 5.73 Å². The van der Waals surface area contributed by atoms with Crippen LogP contribution < -0.4 is 11.1 Å². The van der Waals surface area contributed by atoms with Crippen molar-refractivity contribution in [3.63, 3.8) is 0 Å². The molecule has 0 unspecified atom stereocenters. The second-order valence-electron chi connectivity index (χ2n) is 5.44. The van der Waals surface area contributed by atoms with E-state index < -0.39 is 17.6 Å². The molecule has 4 nitrogen and oxygen atoms in total. The molecule has 0 atom stereocenters. The molecule has 23 heavy (non-hydrogen) atoms. The Bertz CT molecular complexity index is 736. The van der Waals surface area contributed by atoms with E-state index in [0.29, 0.717) is 13.0 Å². The van der Waals surface area contributed by atoms with Crippen molar-refractivity contribution in [2.45, 2.75) is 20.3 Å². The van der Waals surface area contributed by atoms with Gasteiger partial charge in [-0.05, 0) is 55.2 Å². The molecule has 0 aliphatic rings. The molecule has 0 radical (unpaired) electrons. The Morgan fingerprint density at radius 2 is 1.78 bits per heavy atom. The van der Waals surface area contributed by atoms with Gasteiger partial charge in [0.2, 0.25) is 5.91 Å². The van der Waals surface area contributed by atoms with Gasteiger partial charge in [-0.1, -0.05) is 18.2 Å². The highest BCUT2D eigenvalue weighted by Crippen LogP contribution is 2.14. The fourth-order valence-corrected chi connectivity index (χ4v) is 2.49. The summed E-state index contributed by atoms with van der Waals surface area (Å²) in [5.41, 5.74) is 8.55. The highest BCUT2D eigenvalue weighted by molar-refractivity contribution is 5.99. The summed E-state index contributed by atoms with van der Waals surface area (Å²) < 4.78 is 13.7. The molecule has 0 aliphatic carbocycles. The van der Waals surface area contributed by atoms with E-state index in [1.54, 1.807) is 0 Å². The van der Waals surface area contributed by atoms with Gasteiger partial charge in [0.15, 0.2) is 0 Å². The first-order valence-corrected chi connectivity index (χ1v) is 7.33. The van der Waals surface area contributed by atoms with E-state index in [1.807, 2.05) is 32.0 Å². The average Bonchev–Trinajstić information content (AvgIpc) is 2.50. The number of aryl methyl sites for hydroxylation is 2. The highest BCUT2D eigenvalue weighted by atomic mass is 19.1. The van der Waals surface area contributed by atoms with Crippen LogP contribution in [0.25, 0.3) is 0 Å². The number of rotatable bonds is 5. The second kappa shape index (κ2) is 7.05. The summed E-state index contributed by atoms with van der Waals surface area (Å²) in [5, 5.41) is 2.68. The fraction of sp³-hybridized carbons (Fsp3) is 0.222. The third-order valence-electron chi connectivity index (χ3n) is 3.80. The number of nitrogens with two attached hydrogens (primary N) is 1. The van der Waals surface area contributed by atoms with Crippen LogP contribution in [0.3, 0.4) is 0 Å².